The van der Waals surface area contributed by atoms with Gasteiger partial charge in [-0.1, -0.05) is 44.2 Å². The highest BCUT2D eigenvalue weighted by Gasteiger charge is 2.36. The molecule has 1 aliphatic rings. The lowest BCUT2D eigenvalue weighted by molar-refractivity contribution is -0.148. The molecule has 0 radical (unpaired) electrons. The number of anilines is 2. The zero-order chi connectivity index (χ0) is 21.5. The van der Waals surface area contributed by atoms with Crippen molar-refractivity contribution in [2.45, 2.75) is 26.3 Å². The Balaban J connectivity index is 1.80. The number of rotatable bonds is 7. The van der Waals surface area contributed by atoms with Gasteiger partial charge in [-0.05, 0) is 30.2 Å². The van der Waals surface area contributed by atoms with Crippen molar-refractivity contribution in [3.63, 3.8) is 0 Å². The van der Waals surface area contributed by atoms with E-state index in [0.29, 0.717) is 24.3 Å². The van der Waals surface area contributed by atoms with Gasteiger partial charge < -0.3 is 20.3 Å². The average molecular weight is 409 g/mol. The highest BCUT2D eigenvalue weighted by Crippen LogP contribution is 2.24. The minimum atomic E-state index is -0.893. The van der Waals surface area contributed by atoms with Crippen LogP contribution in [-0.4, -0.2) is 48.4 Å². The van der Waals surface area contributed by atoms with Crippen molar-refractivity contribution in [2.24, 2.45) is 5.92 Å². The van der Waals surface area contributed by atoms with E-state index in [1.165, 1.54) is 4.90 Å². The van der Waals surface area contributed by atoms with Crippen LogP contribution in [0, 0.1) is 5.92 Å². The molecule has 158 valence electrons. The van der Waals surface area contributed by atoms with Crippen molar-refractivity contribution < 1.29 is 19.1 Å². The van der Waals surface area contributed by atoms with E-state index in [4.69, 9.17) is 4.74 Å². The van der Waals surface area contributed by atoms with Gasteiger partial charge in [0.05, 0.1) is 24.3 Å². The van der Waals surface area contributed by atoms with Crippen molar-refractivity contribution in [3.8, 4) is 0 Å². The lowest BCUT2D eigenvalue weighted by atomic mass is 10.1. The maximum absolute atomic E-state index is 13.4. The summed E-state index contributed by atoms with van der Waals surface area (Å²) >= 11 is 0. The summed E-state index contributed by atoms with van der Waals surface area (Å²) in [5, 5.41) is 5.99. The summed E-state index contributed by atoms with van der Waals surface area (Å²) in [6.45, 7) is 4.83. The number of carbonyl (C=O) groups is 3. The Morgan fingerprint density at radius 1 is 1.13 bits per heavy atom. The highest BCUT2D eigenvalue weighted by molar-refractivity contribution is 6.03. The molecule has 2 aromatic carbocycles. The fourth-order valence-corrected chi connectivity index (χ4v) is 3.25. The third kappa shape index (κ3) is 5.37. The Hall–Kier alpha value is -3.35. The first-order valence-electron chi connectivity index (χ1n) is 10.1. The minimum Gasteiger partial charge on any atom is -0.465 e. The maximum Gasteiger partial charge on any atom is 0.308 e. The molecule has 3 rings (SSSR count). The molecule has 0 bridgehead atoms. The molecule has 1 unspecified atom stereocenters. The number of esters is 1. The molecule has 7 heteroatoms. The fraction of sp³-hybridized carbons (Fsp3) is 0.348. The van der Waals surface area contributed by atoms with Crippen LogP contribution in [0.25, 0.3) is 0 Å². The van der Waals surface area contributed by atoms with Crippen LogP contribution in [0.1, 0.15) is 30.6 Å². The highest BCUT2D eigenvalue weighted by atomic mass is 16.5. The molecule has 1 heterocycles. The largest absolute Gasteiger partial charge is 0.465 e. The molecular weight excluding hydrogens is 382 g/mol. The number of para-hydroxylation sites is 2. The molecule has 1 aliphatic heterocycles. The molecule has 7 nitrogen and oxygen atoms in total. The SMILES string of the molecule is CC(C)COC(=O)CC1C(=O)NCCN1C(=O)c1ccccc1Nc1ccccc1. The molecule has 0 saturated carbocycles. The number of carbonyl (C=O) groups excluding carboxylic acids is 3. The molecule has 2 N–H and O–H groups in total. The standard InChI is InChI=1S/C23H27N3O4/c1-16(2)15-30-21(27)14-20-22(28)24-12-13-26(20)23(29)18-10-6-7-11-19(18)25-17-8-4-3-5-9-17/h3-11,16,20,25H,12-15H2,1-2H3,(H,24,28). The molecule has 1 saturated heterocycles. The van der Waals surface area contributed by atoms with Crippen LogP contribution in [0.4, 0.5) is 11.4 Å². The molecule has 30 heavy (non-hydrogen) atoms. The van der Waals surface area contributed by atoms with Gasteiger partial charge in [0, 0.05) is 18.8 Å². The lowest BCUT2D eigenvalue weighted by Gasteiger charge is -2.35. The number of piperazine rings is 1. The summed E-state index contributed by atoms with van der Waals surface area (Å²) < 4.78 is 5.22. The Labute approximate surface area is 176 Å². The zero-order valence-electron chi connectivity index (χ0n) is 17.3. The van der Waals surface area contributed by atoms with Gasteiger partial charge in [0.25, 0.3) is 5.91 Å². The van der Waals surface area contributed by atoms with Crippen LogP contribution in [0.5, 0.6) is 0 Å². The normalized spacial score (nSPS) is 16.2. The van der Waals surface area contributed by atoms with E-state index in [0.717, 1.165) is 5.69 Å². The van der Waals surface area contributed by atoms with Gasteiger partial charge in [0.1, 0.15) is 6.04 Å². The van der Waals surface area contributed by atoms with E-state index in [1.54, 1.807) is 12.1 Å². The molecular formula is C23H27N3O4. The second kappa shape index (κ2) is 9.91. The van der Waals surface area contributed by atoms with Gasteiger partial charge in [-0.15, -0.1) is 0 Å². The zero-order valence-corrected chi connectivity index (χ0v) is 17.3. The number of nitrogens with one attached hydrogen (secondary N) is 2. The summed E-state index contributed by atoms with van der Waals surface area (Å²) in [4.78, 5) is 39.5. The van der Waals surface area contributed by atoms with Crippen molar-refractivity contribution in [3.05, 3.63) is 60.2 Å². The van der Waals surface area contributed by atoms with Gasteiger partial charge in [-0.3, -0.25) is 14.4 Å². The number of hydrogen-bond donors (Lipinski definition) is 2. The average Bonchev–Trinajstić information content (AvgIpc) is 2.74. The third-order valence-electron chi connectivity index (χ3n) is 4.74. The van der Waals surface area contributed by atoms with Crippen LogP contribution < -0.4 is 10.6 Å². The van der Waals surface area contributed by atoms with Crippen molar-refractivity contribution in [1.29, 1.82) is 0 Å². The Bertz CT molecular complexity index is 898. The number of benzene rings is 2. The van der Waals surface area contributed by atoms with Gasteiger partial charge in [0.2, 0.25) is 5.91 Å². The summed E-state index contributed by atoms with van der Waals surface area (Å²) in [6.07, 6.45) is -0.168. The molecule has 1 atom stereocenters. The number of ether oxygens (including phenoxy) is 1. The third-order valence-corrected chi connectivity index (χ3v) is 4.74. The summed E-state index contributed by atoms with van der Waals surface area (Å²) in [6, 6.07) is 15.8. The maximum atomic E-state index is 13.4. The first-order chi connectivity index (χ1) is 14.5. The second-order valence-electron chi connectivity index (χ2n) is 7.62. The Kier molecular flexibility index (Phi) is 7.06. The first-order valence-corrected chi connectivity index (χ1v) is 10.1. The lowest BCUT2D eigenvalue weighted by Crippen LogP contribution is -2.58. The van der Waals surface area contributed by atoms with Crippen LogP contribution in [0.3, 0.4) is 0 Å². The Morgan fingerprint density at radius 2 is 1.83 bits per heavy atom. The van der Waals surface area contributed by atoms with Gasteiger partial charge >= 0.3 is 5.97 Å². The monoisotopic (exact) mass is 409 g/mol. The van der Waals surface area contributed by atoms with Crippen LogP contribution in [0.2, 0.25) is 0 Å². The van der Waals surface area contributed by atoms with Crippen molar-refractivity contribution in [2.75, 3.05) is 25.0 Å². The van der Waals surface area contributed by atoms with Crippen molar-refractivity contribution >= 4 is 29.2 Å². The molecule has 2 amide bonds. The Morgan fingerprint density at radius 3 is 2.57 bits per heavy atom. The predicted octanol–water partition coefficient (Wildman–Crippen LogP) is 2.96. The quantitative estimate of drug-likeness (QED) is 0.687. The van der Waals surface area contributed by atoms with Crippen LogP contribution in [0.15, 0.2) is 54.6 Å². The van der Waals surface area contributed by atoms with E-state index in [1.807, 2.05) is 56.3 Å². The topological polar surface area (TPSA) is 87.7 Å². The number of hydrogen-bond acceptors (Lipinski definition) is 5. The predicted molar refractivity (Wildman–Crippen MR) is 114 cm³/mol. The molecule has 1 fully saturated rings. The minimum absolute atomic E-state index is 0.168. The van der Waals surface area contributed by atoms with E-state index >= 15 is 0 Å². The van der Waals surface area contributed by atoms with Gasteiger partial charge in [-0.25, -0.2) is 0 Å². The fourth-order valence-electron chi connectivity index (χ4n) is 3.25. The summed E-state index contributed by atoms with van der Waals surface area (Å²) in [5.41, 5.74) is 1.93. The number of amides is 2. The first kappa shape index (κ1) is 21.4. The smallest absolute Gasteiger partial charge is 0.308 e. The number of nitrogens with zero attached hydrogens (tertiary/aromatic N) is 1. The summed E-state index contributed by atoms with van der Waals surface area (Å²) in [5.74, 6) is -0.933. The second-order valence-corrected chi connectivity index (χ2v) is 7.62. The molecule has 2 aromatic rings. The van der Waals surface area contributed by atoms with Gasteiger partial charge in [0.15, 0.2) is 0 Å². The molecule has 0 spiro atoms. The summed E-state index contributed by atoms with van der Waals surface area (Å²) in [7, 11) is 0. The molecule has 0 aliphatic carbocycles. The van der Waals surface area contributed by atoms with E-state index < -0.39 is 12.0 Å². The van der Waals surface area contributed by atoms with Crippen LogP contribution in [-0.2, 0) is 14.3 Å². The molecule has 0 aromatic heterocycles. The van der Waals surface area contributed by atoms with E-state index in [9.17, 15) is 14.4 Å². The van der Waals surface area contributed by atoms with Gasteiger partial charge in [-0.2, -0.15) is 0 Å². The van der Waals surface area contributed by atoms with E-state index in [2.05, 4.69) is 10.6 Å². The van der Waals surface area contributed by atoms with E-state index in [-0.39, 0.29) is 30.8 Å². The van der Waals surface area contributed by atoms with Crippen molar-refractivity contribution in [1.82, 2.24) is 10.2 Å². The van der Waals surface area contributed by atoms with Crippen LogP contribution >= 0.6 is 0 Å².